The van der Waals surface area contributed by atoms with Crippen LogP contribution < -0.4 is 10.5 Å². The second kappa shape index (κ2) is 9.66. The van der Waals surface area contributed by atoms with E-state index in [2.05, 4.69) is 0 Å². The molecule has 0 amide bonds. The summed E-state index contributed by atoms with van der Waals surface area (Å²) in [6.07, 6.45) is -4.81. The topological polar surface area (TPSA) is 206 Å². The Labute approximate surface area is 222 Å². The number of aliphatic hydroxyl groups excluding tert-OH is 2. The van der Waals surface area contributed by atoms with Gasteiger partial charge in [-0.3, -0.25) is 14.4 Å². The Bertz CT molecular complexity index is 1380. The highest BCUT2D eigenvalue weighted by atomic mass is 16.7. The number of hydrogen-bond acceptors (Lipinski definition) is 12. The first-order valence-corrected chi connectivity index (χ1v) is 12.4. The molecule has 39 heavy (non-hydrogen) atoms. The van der Waals surface area contributed by atoms with Crippen molar-refractivity contribution < 1.29 is 54.1 Å². The van der Waals surface area contributed by atoms with Gasteiger partial charge < -0.3 is 45.5 Å². The van der Waals surface area contributed by atoms with E-state index in [1.165, 1.54) is 25.3 Å². The third kappa shape index (κ3) is 4.11. The fraction of sp³-hybridized carbons (Fsp3) is 0.444. The Morgan fingerprint density at radius 3 is 2.54 bits per heavy atom. The summed E-state index contributed by atoms with van der Waals surface area (Å²) in [6, 6.07) is 3.26. The Morgan fingerprint density at radius 1 is 1.18 bits per heavy atom. The Morgan fingerprint density at radius 2 is 1.90 bits per heavy atom. The lowest BCUT2D eigenvalue weighted by atomic mass is 9.72. The highest BCUT2D eigenvalue weighted by molar-refractivity contribution is 6.31. The monoisotopic (exact) mass is 543 g/mol. The largest absolute Gasteiger partial charge is 0.507 e. The van der Waals surface area contributed by atoms with Crippen LogP contribution in [0.1, 0.15) is 68.8 Å². The molecular weight excluding hydrogens is 514 g/mol. The second-order valence-electron chi connectivity index (χ2n) is 10.2. The SMILES string of the molecule is COc1c2c(c(O)c3c1[C@@H](O[C@H]1C[C@H](N)[C@H](O)[C@H](C)O1)C[C@](O)(C(=O)CO)C3)C(=O)c1cccc(O)c1C2=O. The summed E-state index contributed by atoms with van der Waals surface area (Å²) in [5.41, 5.74) is 2.75. The van der Waals surface area contributed by atoms with Crippen LogP contribution in [-0.4, -0.2) is 86.7 Å². The lowest BCUT2D eigenvalue weighted by molar-refractivity contribution is -0.247. The van der Waals surface area contributed by atoms with Crippen LogP contribution in [0.5, 0.6) is 17.2 Å². The molecule has 2 aromatic carbocycles. The molecule has 3 aliphatic rings. The summed E-state index contributed by atoms with van der Waals surface area (Å²) in [7, 11) is 1.24. The van der Waals surface area contributed by atoms with Crippen molar-refractivity contribution in [2.24, 2.45) is 5.73 Å². The molecule has 1 saturated heterocycles. The minimum absolute atomic E-state index is 0.0433. The van der Waals surface area contributed by atoms with E-state index < -0.39 is 90.1 Å². The van der Waals surface area contributed by atoms with Gasteiger partial charge in [0.05, 0.1) is 42.1 Å². The van der Waals surface area contributed by atoms with E-state index >= 15 is 0 Å². The maximum Gasteiger partial charge on any atom is 0.202 e. The fourth-order valence-corrected chi connectivity index (χ4v) is 5.78. The number of phenolic OH excluding ortho intramolecular Hbond substituents is 2. The number of aromatic hydroxyl groups is 2. The van der Waals surface area contributed by atoms with Gasteiger partial charge in [0.1, 0.15) is 29.5 Å². The number of carbonyl (C=O) groups excluding carboxylic acids is 3. The standard InChI is InChI=1S/C27H29NO11/c1-10-22(32)13(28)6-17(38-10)39-15-8-27(36,16(31)9-29)7-12-19(15)26(37-2)21-20(24(12)34)23(33)11-4-3-5-14(30)18(11)25(21)35/h3-5,10,13,15,17,22,29-30,32,34,36H,6-9,28H2,1-2H3/t10-,13-,15-,17-,22+,27-/m0/s1. The zero-order valence-electron chi connectivity index (χ0n) is 21.2. The lowest BCUT2D eigenvalue weighted by Gasteiger charge is -2.42. The van der Waals surface area contributed by atoms with E-state index in [0.29, 0.717) is 0 Å². The van der Waals surface area contributed by atoms with Crippen LogP contribution in [0.25, 0.3) is 0 Å². The van der Waals surface area contributed by atoms with Gasteiger partial charge in [-0.2, -0.15) is 0 Å². The van der Waals surface area contributed by atoms with E-state index in [0.717, 1.165) is 0 Å². The normalized spacial score (nSPS) is 29.8. The first-order chi connectivity index (χ1) is 18.4. The van der Waals surface area contributed by atoms with Crippen molar-refractivity contribution in [3.8, 4) is 17.2 Å². The number of Topliss-reactive ketones (excluding diaryl/α,β-unsaturated/α-hetero) is 1. The van der Waals surface area contributed by atoms with Crippen LogP contribution in [0.4, 0.5) is 0 Å². The van der Waals surface area contributed by atoms with Gasteiger partial charge >= 0.3 is 0 Å². The molecule has 0 spiro atoms. The number of hydrogen-bond donors (Lipinski definition) is 6. The summed E-state index contributed by atoms with van der Waals surface area (Å²) in [6.45, 7) is 0.594. The molecule has 12 heteroatoms. The number of aliphatic hydroxyl groups is 3. The van der Waals surface area contributed by atoms with Crippen molar-refractivity contribution in [3.05, 3.63) is 51.6 Å². The molecular formula is C27H29NO11. The Kier molecular flexibility index (Phi) is 6.74. The number of benzene rings is 2. The highest BCUT2D eigenvalue weighted by Gasteiger charge is 2.50. The molecule has 1 aliphatic heterocycles. The molecule has 208 valence electrons. The van der Waals surface area contributed by atoms with Crippen LogP contribution in [0.15, 0.2) is 18.2 Å². The first-order valence-electron chi connectivity index (χ1n) is 12.4. The van der Waals surface area contributed by atoms with Gasteiger partial charge in [0.2, 0.25) is 5.78 Å². The van der Waals surface area contributed by atoms with Gasteiger partial charge in [-0.05, 0) is 13.0 Å². The van der Waals surface area contributed by atoms with Gasteiger partial charge in [-0.1, -0.05) is 12.1 Å². The zero-order valence-corrected chi connectivity index (χ0v) is 21.2. The predicted octanol–water partition coefficient (Wildman–Crippen LogP) is 0.00130. The van der Waals surface area contributed by atoms with Crippen molar-refractivity contribution in [2.75, 3.05) is 13.7 Å². The van der Waals surface area contributed by atoms with Crippen LogP contribution in [0, 0.1) is 0 Å². The van der Waals surface area contributed by atoms with Crippen molar-refractivity contribution >= 4 is 17.3 Å². The first kappa shape index (κ1) is 27.2. The Balaban J connectivity index is 1.71. The molecule has 1 fully saturated rings. The molecule has 6 atom stereocenters. The van der Waals surface area contributed by atoms with Crippen LogP contribution >= 0.6 is 0 Å². The average molecular weight is 544 g/mol. The molecule has 2 aromatic rings. The molecule has 0 radical (unpaired) electrons. The minimum Gasteiger partial charge on any atom is -0.507 e. The highest BCUT2D eigenvalue weighted by Crippen LogP contribution is 2.52. The molecule has 2 aliphatic carbocycles. The number of ether oxygens (including phenoxy) is 3. The summed E-state index contributed by atoms with van der Waals surface area (Å²) in [5, 5.41) is 52.8. The number of nitrogens with two attached hydrogens (primary N) is 1. The van der Waals surface area contributed by atoms with E-state index in [9.17, 15) is 39.9 Å². The third-order valence-corrected chi connectivity index (χ3v) is 7.79. The van der Waals surface area contributed by atoms with Gasteiger partial charge in [-0.15, -0.1) is 0 Å². The predicted molar refractivity (Wildman–Crippen MR) is 132 cm³/mol. The van der Waals surface area contributed by atoms with Gasteiger partial charge in [0.15, 0.2) is 17.9 Å². The summed E-state index contributed by atoms with van der Waals surface area (Å²) in [4.78, 5) is 39.8. The van der Waals surface area contributed by atoms with E-state index in [4.69, 9.17) is 19.9 Å². The van der Waals surface area contributed by atoms with Crippen molar-refractivity contribution in [2.45, 2.75) is 62.4 Å². The molecule has 0 bridgehead atoms. The number of ketones is 3. The molecule has 1 heterocycles. The Hall–Kier alpha value is -3.39. The van der Waals surface area contributed by atoms with Crippen molar-refractivity contribution in [3.63, 3.8) is 0 Å². The van der Waals surface area contributed by atoms with E-state index in [1.54, 1.807) is 6.92 Å². The molecule has 5 rings (SSSR count). The summed E-state index contributed by atoms with van der Waals surface area (Å²) in [5.74, 6) is -3.70. The molecule has 0 unspecified atom stereocenters. The van der Waals surface area contributed by atoms with E-state index in [1.807, 2.05) is 0 Å². The number of methoxy groups -OCH3 is 1. The van der Waals surface area contributed by atoms with Gasteiger partial charge in [0.25, 0.3) is 0 Å². The van der Waals surface area contributed by atoms with Crippen molar-refractivity contribution in [1.29, 1.82) is 0 Å². The van der Waals surface area contributed by atoms with Gasteiger partial charge in [0, 0.05) is 42.0 Å². The third-order valence-electron chi connectivity index (χ3n) is 7.79. The summed E-state index contributed by atoms with van der Waals surface area (Å²) < 4.78 is 17.5. The molecule has 0 saturated carbocycles. The molecule has 0 aromatic heterocycles. The average Bonchev–Trinajstić information content (AvgIpc) is 2.89. The quantitative estimate of drug-likeness (QED) is 0.251. The van der Waals surface area contributed by atoms with Crippen LogP contribution in [-0.2, 0) is 20.7 Å². The maximum atomic E-state index is 13.6. The van der Waals surface area contributed by atoms with Gasteiger partial charge in [-0.25, -0.2) is 0 Å². The van der Waals surface area contributed by atoms with Crippen molar-refractivity contribution in [1.82, 2.24) is 0 Å². The van der Waals surface area contributed by atoms with Crippen LogP contribution in [0.2, 0.25) is 0 Å². The minimum atomic E-state index is -2.21. The van der Waals surface area contributed by atoms with Crippen LogP contribution in [0.3, 0.4) is 0 Å². The number of carbonyl (C=O) groups is 3. The number of fused-ring (bicyclic) bond motifs is 3. The number of phenols is 2. The fourth-order valence-electron chi connectivity index (χ4n) is 5.78. The number of rotatable bonds is 5. The lowest BCUT2D eigenvalue weighted by Crippen LogP contribution is -2.53. The van der Waals surface area contributed by atoms with E-state index in [-0.39, 0.29) is 40.0 Å². The zero-order chi connectivity index (χ0) is 28.4. The molecule has 7 N–H and O–H groups in total. The smallest absolute Gasteiger partial charge is 0.202 e. The molecule has 12 nitrogen and oxygen atoms in total. The maximum absolute atomic E-state index is 13.6. The summed E-state index contributed by atoms with van der Waals surface area (Å²) >= 11 is 0. The second-order valence-corrected chi connectivity index (χ2v) is 10.2.